The molecule has 5 nitrogen and oxygen atoms in total. The highest BCUT2D eigenvalue weighted by Crippen LogP contribution is 2.16. The maximum absolute atomic E-state index is 11.8. The second-order valence-corrected chi connectivity index (χ2v) is 5.28. The Morgan fingerprint density at radius 1 is 1.24 bits per heavy atom. The summed E-state index contributed by atoms with van der Waals surface area (Å²) in [6.45, 7) is 1.03. The van der Waals surface area contributed by atoms with Crippen LogP contribution in [0.3, 0.4) is 0 Å². The van der Waals surface area contributed by atoms with E-state index >= 15 is 0 Å². The van der Waals surface area contributed by atoms with Crippen LogP contribution in [0.4, 0.5) is 0 Å². The minimum Gasteiger partial charge on any atom is -0.480 e. The molecule has 1 saturated heterocycles. The van der Waals surface area contributed by atoms with Crippen LogP contribution in [0, 0.1) is 0 Å². The quantitative estimate of drug-likeness (QED) is 0.808. The van der Waals surface area contributed by atoms with Crippen LogP contribution in [0.5, 0.6) is 0 Å². The molecule has 1 unspecified atom stereocenters. The normalized spacial score (nSPS) is 19.1. The largest absolute Gasteiger partial charge is 0.480 e. The first kappa shape index (κ1) is 15.5. The zero-order chi connectivity index (χ0) is 15.1. The summed E-state index contributed by atoms with van der Waals surface area (Å²) < 4.78 is 5.20. The van der Waals surface area contributed by atoms with Crippen LogP contribution in [0.15, 0.2) is 30.3 Å². The Labute approximate surface area is 124 Å². The van der Waals surface area contributed by atoms with E-state index in [-0.39, 0.29) is 12.5 Å². The number of esters is 1. The molecule has 0 amide bonds. The molecule has 1 heterocycles. The molecule has 1 aromatic rings. The van der Waals surface area contributed by atoms with Gasteiger partial charge in [-0.25, -0.2) is 0 Å². The van der Waals surface area contributed by atoms with Gasteiger partial charge < -0.3 is 9.84 Å². The summed E-state index contributed by atoms with van der Waals surface area (Å²) in [7, 11) is 0. The molecule has 0 spiro atoms. The zero-order valence-corrected chi connectivity index (χ0v) is 12.0. The molecule has 0 bridgehead atoms. The topological polar surface area (TPSA) is 66.8 Å². The highest BCUT2D eigenvalue weighted by molar-refractivity contribution is 5.76. The maximum Gasteiger partial charge on any atom is 0.320 e. The molecule has 2 rings (SSSR count). The van der Waals surface area contributed by atoms with Gasteiger partial charge in [0.25, 0.3) is 0 Å². The third-order valence-corrected chi connectivity index (χ3v) is 3.73. The lowest BCUT2D eigenvalue weighted by molar-refractivity contribution is -0.150. The van der Waals surface area contributed by atoms with Crippen LogP contribution in [-0.4, -0.2) is 47.7 Å². The van der Waals surface area contributed by atoms with Crippen molar-refractivity contribution in [3.05, 3.63) is 35.9 Å². The lowest BCUT2D eigenvalue weighted by Crippen LogP contribution is -2.47. The molecular weight excluding hydrogens is 270 g/mol. The third-order valence-electron chi connectivity index (χ3n) is 3.73. The highest BCUT2D eigenvalue weighted by atomic mass is 16.5. The van der Waals surface area contributed by atoms with Crippen molar-refractivity contribution in [2.75, 3.05) is 19.7 Å². The number of carboxylic acids is 1. The maximum atomic E-state index is 11.8. The molecule has 21 heavy (non-hydrogen) atoms. The molecule has 0 aliphatic carbocycles. The first-order chi connectivity index (χ1) is 10.2. The second kappa shape index (κ2) is 7.78. The van der Waals surface area contributed by atoms with E-state index in [1.54, 1.807) is 4.90 Å². The Hall–Kier alpha value is -1.88. The fraction of sp³-hybridized carbons (Fsp3) is 0.500. The lowest BCUT2D eigenvalue weighted by Gasteiger charge is -2.31. The van der Waals surface area contributed by atoms with Crippen molar-refractivity contribution in [1.82, 2.24) is 4.90 Å². The molecule has 114 valence electrons. The Bertz CT molecular complexity index is 474. The van der Waals surface area contributed by atoms with Gasteiger partial charge in [0, 0.05) is 6.42 Å². The summed E-state index contributed by atoms with van der Waals surface area (Å²) >= 11 is 0. The van der Waals surface area contributed by atoms with Gasteiger partial charge in [-0.15, -0.1) is 0 Å². The van der Waals surface area contributed by atoms with Crippen molar-refractivity contribution in [1.29, 1.82) is 0 Å². The highest BCUT2D eigenvalue weighted by Gasteiger charge is 2.29. The number of rotatable bonds is 6. The van der Waals surface area contributed by atoms with Gasteiger partial charge in [-0.3, -0.25) is 14.5 Å². The van der Waals surface area contributed by atoms with Gasteiger partial charge in [-0.05, 0) is 24.9 Å². The van der Waals surface area contributed by atoms with E-state index in [9.17, 15) is 9.59 Å². The van der Waals surface area contributed by atoms with Crippen molar-refractivity contribution in [2.45, 2.75) is 31.7 Å². The van der Waals surface area contributed by atoms with Gasteiger partial charge in [-0.1, -0.05) is 36.8 Å². The van der Waals surface area contributed by atoms with Crippen LogP contribution in [0.2, 0.25) is 0 Å². The van der Waals surface area contributed by atoms with E-state index in [2.05, 4.69) is 0 Å². The number of likely N-dealkylation sites (tertiary alicyclic amines) is 1. The SMILES string of the molecule is O=C(CN1CCCCC1C(=O)O)OCCc1ccccc1. The first-order valence-electron chi connectivity index (χ1n) is 7.33. The fourth-order valence-corrected chi connectivity index (χ4v) is 2.60. The summed E-state index contributed by atoms with van der Waals surface area (Å²) in [6, 6.07) is 9.25. The summed E-state index contributed by atoms with van der Waals surface area (Å²) in [6.07, 6.45) is 3.11. The number of piperidine rings is 1. The summed E-state index contributed by atoms with van der Waals surface area (Å²) in [5, 5.41) is 9.15. The van der Waals surface area contributed by atoms with Gasteiger partial charge in [0.1, 0.15) is 6.04 Å². The van der Waals surface area contributed by atoms with E-state index < -0.39 is 12.0 Å². The number of hydrogen-bond acceptors (Lipinski definition) is 4. The molecule has 1 aromatic carbocycles. The predicted molar refractivity (Wildman–Crippen MR) is 78.0 cm³/mol. The van der Waals surface area contributed by atoms with Gasteiger partial charge in [0.2, 0.25) is 0 Å². The third kappa shape index (κ3) is 4.86. The van der Waals surface area contributed by atoms with E-state index in [0.29, 0.717) is 26.0 Å². The van der Waals surface area contributed by atoms with E-state index in [1.165, 1.54) is 0 Å². The minimum atomic E-state index is -0.855. The Balaban J connectivity index is 1.74. The van der Waals surface area contributed by atoms with Crippen molar-refractivity contribution in [3.63, 3.8) is 0 Å². The number of carboxylic acid groups (broad SMARTS) is 1. The summed E-state index contributed by atoms with van der Waals surface area (Å²) in [5.74, 6) is -1.20. The van der Waals surface area contributed by atoms with Crippen LogP contribution < -0.4 is 0 Å². The molecule has 1 aliphatic heterocycles. The standard InChI is InChI=1S/C16H21NO4/c18-15(21-11-9-13-6-2-1-3-7-13)12-17-10-5-4-8-14(17)16(19)20/h1-3,6-7,14H,4-5,8-12H2,(H,19,20). The zero-order valence-electron chi connectivity index (χ0n) is 12.0. The van der Waals surface area contributed by atoms with Gasteiger partial charge in [-0.2, -0.15) is 0 Å². The first-order valence-corrected chi connectivity index (χ1v) is 7.33. The molecule has 0 saturated carbocycles. The number of hydrogen-bond donors (Lipinski definition) is 1. The minimum absolute atomic E-state index is 0.0613. The number of benzene rings is 1. The molecule has 0 radical (unpaired) electrons. The van der Waals surface area contributed by atoms with Gasteiger partial charge >= 0.3 is 11.9 Å². The number of carbonyl (C=O) groups excluding carboxylic acids is 1. The van der Waals surface area contributed by atoms with Crippen LogP contribution in [0.1, 0.15) is 24.8 Å². The second-order valence-electron chi connectivity index (χ2n) is 5.28. The van der Waals surface area contributed by atoms with Crippen molar-refractivity contribution in [2.24, 2.45) is 0 Å². The molecule has 0 aromatic heterocycles. The molecular formula is C16H21NO4. The number of ether oxygens (including phenoxy) is 1. The van der Waals surface area contributed by atoms with Crippen LogP contribution in [0.25, 0.3) is 0 Å². The average molecular weight is 291 g/mol. The Morgan fingerprint density at radius 2 is 2.00 bits per heavy atom. The Kier molecular flexibility index (Phi) is 5.75. The van der Waals surface area contributed by atoms with Gasteiger partial charge in [0.15, 0.2) is 0 Å². The molecule has 1 fully saturated rings. The predicted octanol–water partition coefficient (Wildman–Crippen LogP) is 1.71. The number of carbonyl (C=O) groups is 2. The monoisotopic (exact) mass is 291 g/mol. The van der Waals surface area contributed by atoms with E-state index in [4.69, 9.17) is 9.84 Å². The number of nitrogens with zero attached hydrogens (tertiary/aromatic N) is 1. The van der Waals surface area contributed by atoms with Crippen LogP contribution >= 0.6 is 0 Å². The Morgan fingerprint density at radius 3 is 2.71 bits per heavy atom. The summed E-state index contributed by atoms with van der Waals surface area (Å²) in [4.78, 5) is 24.7. The number of aliphatic carboxylic acids is 1. The van der Waals surface area contributed by atoms with Gasteiger partial charge in [0.05, 0.1) is 13.2 Å². The van der Waals surface area contributed by atoms with Crippen LogP contribution in [-0.2, 0) is 20.7 Å². The molecule has 1 N–H and O–H groups in total. The molecule has 5 heteroatoms. The molecule has 1 atom stereocenters. The van der Waals surface area contributed by atoms with E-state index in [0.717, 1.165) is 18.4 Å². The van der Waals surface area contributed by atoms with Crippen molar-refractivity contribution >= 4 is 11.9 Å². The van der Waals surface area contributed by atoms with Crippen molar-refractivity contribution < 1.29 is 19.4 Å². The fourth-order valence-electron chi connectivity index (χ4n) is 2.60. The van der Waals surface area contributed by atoms with Crippen molar-refractivity contribution in [3.8, 4) is 0 Å². The van der Waals surface area contributed by atoms with E-state index in [1.807, 2.05) is 30.3 Å². The smallest absolute Gasteiger partial charge is 0.320 e. The summed E-state index contributed by atoms with van der Waals surface area (Å²) in [5.41, 5.74) is 1.12. The average Bonchev–Trinajstić information content (AvgIpc) is 2.48. The molecule has 1 aliphatic rings. The lowest BCUT2D eigenvalue weighted by atomic mass is 10.0.